The number of benzene rings is 1. The molecule has 2 N–H and O–H groups in total. The molecule has 2 heteroatoms. The molecule has 2 nitrogen and oxygen atoms in total. The summed E-state index contributed by atoms with van der Waals surface area (Å²) in [7, 11) is 1.50. The van der Waals surface area contributed by atoms with Gasteiger partial charge in [0.05, 0.1) is 5.69 Å². The summed E-state index contributed by atoms with van der Waals surface area (Å²) in [6, 6.07) is 9.64. The Bertz CT molecular complexity index is 170. The lowest BCUT2D eigenvalue weighted by Crippen LogP contribution is -1.69. The maximum atomic E-state index is 4.50. The number of nitrogens with zero attached hydrogens (tertiary/aromatic N) is 1. The minimum Gasteiger partial charge on any atom is -0.333 e. The van der Waals surface area contributed by atoms with E-state index in [4.69, 9.17) is 0 Å². The summed E-state index contributed by atoms with van der Waals surface area (Å²) in [4.78, 5) is 3.72. The molecule has 0 spiro atoms. The van der Waals surface area contributed by atoms with E-state index < -0.39 is 0 Å². The van der Waals surface area contributed by atoms with Crippen LogP contribution in [0.4, 0.5) is 5.69 Å². The van der Waals surface area contributed by atoms with Crippen LogP contribution < -0.4 is 5.73 Å². The fourth-order valence-corrected chi connectivity index (χ4v) is 0.533. The summed E-state index contributed by atoms with van der Waals surface area (Å²) in [6.07, 6.45) is 0. The number of para-hydroxylation sites is 1. The summed E-state index contributed by atoms with van der Waals surface area (Å²) in [6.45, 7) is 3.38. The minimum absolute atomic E-state index is 0.924. The van der Waals surface area contributed by atoms with E-state index in [2.05, 4.69) is 17.4 Å². The molecule has 0 aliphatic carbocycles. The van der Waals surface area contributed by atoms with Crippen LogP contribution in [0.2, 0.25) is 0 Å². The average Bonchev–Trinajstić information content (AvgIpc) is 2.10. The lowest BCUT2D eigenvalue weighted by molar-refractivity contribution is 1.48. The van der Waals surface area contributed by atoms with Crippen LogP contribution in [0.5, 0.6) is 0 Å². The molecule has 0 aliphatic rings. The van der Waals surface area contributed by atoms with Crippen molar-refractivity contribution < 1.29 is 0 Å². The third kappa shape index (κ3) is 2.99. The number of hydrogen-bond donors (Lipinski definition) is 1. The zero-order valence-electron chi connectivity index (χ0n) is 6.12. The van der Waals surface area contributed by atoms with E-state index in [1.807, 2.05) is 30.3 Å². The van der Waals surface area contributed by atoms with Gasteiger partial charge >= 0.3 is 0 Å². The highest BCUT2D eigenvalue weighted by Crippen LogP contribution is 2.06. The van der Waals surface area contributed by atoms with Gasteiger partial charge in [-0.15, -0.1) is 0 Å². The summed E-state index contributed by atoms with van der Waals surface area (Å²) in [5, 5.41) is 0. The molecule has 1 rings (SSSR count). The molecule has 1 aromatic carbocycles. The van der Waals surface area contributed by atoms with Gasteiger partial charge < -0.3 is 5.73 Å². The molecule has 0 saturated carbocycles. The van der Waals surface area contributed by atoms with Crippen LogP contribution in [0.15, 0.2) is 35.3 Å². The van der Waals surface area contributed by atoms with E-state index in [0.717, 1.165) is 5.69 Å². The molecule has 1 aromatic rings. The van der Waals surface area contributed by atoms with Gasteiger partial charge in [0.15, 0.2) is 0 Å². The molecule has 0 aromatic heterocycles. The summed E-state index contributed by atoms with van der Waals surface area (Å²) in [5.74, 6) is 0. The van der Waals surface area contributed by atoms with Gasteiger partial charge in [-0.2, -0.15) is 0 Å². The SMILES string of the molecule is C=Nc1ccccc1.CN. The van der Waals surface area contributed by atoms with Crippen LogP contribution in [-0.4, -0.2) is 13.8 Å². The van der Waals surface area contributed by atoms with Crippen molar-refractivity contribution in [3.8, 4) is 0 Å². The van der Waals surface area contributed by atoms with Crippen molar-refractivity contribution in [1.82, 2.24) is 0 Å². The number of hydrogen-bond acceptors (Lipinski definition) is 2. The lowest BCUT2D eigenvalue weighted by Gasteiger charge is -1.84. The molecule has 0 amide bonds. The molecular weight excluding hydrogens is 124 g/mol. The molecule has 0 unspecified atom stereocenters. The van der Waals surface area contributed by atoms with Gasteiger partial charge in [-0.25, -0.2) is 0 Å². The van der Waals surface area contributed by atoms with E-state index >= 15 is 0 Å². The molecule has 0 saturated heterocycles. The van der Waals surface area contributed by atoms with Gasteiger partial charge in [-0.3, -0.25) is 4.99 Å². The van der Waals surface area contributed by atoms with Crippen molar-refractivity contribution in [2.45, 2.75) is 0 Å². The first-order chi connectivity index (χ1) is 4.93. The third-order valence-electron chi connectivity index (χ3n) is 0.939. The fraction of sp³-hybridized carbons (Fsp3) is 0.125. The quantitative estimate of drug-likeness (QED) is 0.585. The molecule has 0 radical (unpaired) electrons. The molecule has 0 aliphatic heterocycles. The van der Waals surface area contributed by atoms with Crippen molar-refractivity contribution in [2.75, 3.05) is 7.05 Å². The van der Waals surface area contributed by atoms with E-state index in [9.17, 15) is 0 Å². The molecule has 10 heavy (non-hydrogen) atoms. The van der Waals surface area contributed by atoms with Crippen molar-refractivity contribution in [3.05, 3.63) is 30.3 Å². The van der Waals surface area contributed by atoms with E-state index in [0.29, 0.717) is 0 Å². The second-order valence-corrected chi connectivity index (χ2v) is 1.49. The highest BCUT2D eigenvalue weighted by Gasteiger charge is 1.76. The van der Waals surface area contributed by atoms with Crippen LogP contribution >= 0.6 is 0 Å². The maximum Gasteiger partial charge on any atom is 0.0622 e. The Morgan fingerprint density at radius 2 is 1.70 bits per heavy atom. The van der Waals surface area contributed by atoms with Crippen LogP contribution in [0.3, 0.4) is 0 Å². The predicted molar refractivity (Wildman–Crippen MR) is 45.8 cm³/mol. The van der Waals surface area contributed by atoms with Crippen molar-refractivity contribution in [2.24, 2.45) is 10.7 Å². The van der Waals surface area contributed by atoms with Gasteiger partial charge in [-0.05, 0) is 25.9 Å². The number of aliphatic imine (C=N–C) groups is 1. The first kappa shape index (κ1) is 8.85. The zero-order valence-corrected chi connectivity index (χ0v) is 6.12. The highest BCUT2D eigenvalue weighted by atomic mass is 14.7. The molecule has 0 atom stereocenters. The largest absolute Gasteiger partial charge is 0.333 e. The highest BCUT2D eigenvalue weighted by molar-refractivity contribution is 5.44. The third-order valence-corrected chi connectivity index (χ3v) is 0.939. The maximum absolute atomic E-state index is 4.50. The summed E-state index contributed by atoms with van der Waals surface area (Å²) >= 11 is 0. The Morgan fingerprint density at radius 1 is 1.20 bits per heavy atom. The Labute approximate surface area is 61.4 Å². The van der Waals surface area contributed by atoms with Crippen LogP contribution in [0, 0.1) is 0 Å². The van der Waals surface area contributed by atoms with Gasteiger partial charge in [0.2, 0.25) is 0 Å². The topological polar surface area (TPSA) is 38.4 Å². The van der Waals surface area contributed by atoms with Gasteiger partial charge in [0, 0.05) is 0 Å². The monoisotopic (exact) mass is 136 g/mol. The second kappa shape index (κ2) is 5.98. The normalized spacial score (nSPS) is 7.40. The number of nitrogens with two attached hydrogens (primary N) is 1. The minimum atomic E-state index is 0.924. The van der Waals surface area contributed by atoms with E-state index in [-0.39, 0.29) is 0 Å². The average molecular weight is 136 g/mol. The second-order valence-electron chi connectivity index (χ2n) is 1.49. The Hall–Kier alpha value is -1.15. The smallest absolute Gasteiger partial charge is 0.0622 e. The van der Waals surface area contributed by atoms with Crippen molar-refractivity contribution in [3.63, 3.8) is 0 Å². The van der Waals surface area contributed by atoms with E-state index in [1.165, 1.54) is 7.05 Å². The Morgan fingerprint density at radius 3 is 2.00 bits per heavy atom. The zero-order chi connectivity index (χ0) is 7.82. The first-order valence-corrected chi connectivity index (χ1v) is 3.03. The predicted octanol–water partition coefficient (Wildman–Crippen LogP) is 1.59. The van der Waals surface area contributed by atoms with Crippen molar-refractivity contribution >= 4 is 12.4 Å². The van der Waals surface area contributed by atoms with Crippen LogP contribution in [-0.2, 0) is 0 Å². The lowest BCUT2D eigenvalue weighted by atomic mass is 10.3. The van der Waals surface area contributed by atoms with Gasteiger partial charge in [0.25, 0.3) is 0 Å². The Kier molecular flexibility index (Phi) is 5.29. The van der Waals surface area contributed by atoms with Gasteiger partial charge in [0.1, 0.15) is 0 Å². The fourth-order valence-electron chi connectivity index (χ4n) is 0.533. The molecule has 54 valence electrons. The van der Waals surface area contributed by atoms with E-state index in [1.54, 1.807) is 0 Å². The molecule has 0 heterocycles. The van der Waals surface area contributed by atoms with Crippen molar-refractivity contribution in [1.29, 1.82) is 0 Å². The summed E-state index contributed by atoms with van der Waals surface area (Å²) in [5.41, 5.74) is 5.42. The first-order valence-electron chi connectivity index (χ1n) is 3.03. The molecule has 0 bridgehead atoms. The summed E-state index contributed by atoms with van der Waals surface area (Å²) < 4.78 is 0. The number of rotatable bonds is 1. The van der Waals surface area contributed by atoms with Crippen LogP contribution in [0.1, 0.15) is 0 Å². The van der Waals surface area contributed by atoms with Gasteiger partial charge in [-0.1, -0.05) is 18.2 Å². The molecular formula is C8H12N2. The van der Waals surface area contributed by atoms with Crippen LogP contribution in [0.25, 0.3) is 0 Å². The standard InChI is InChI=1S/C7H7N.CH5N/c1-8-7-5-3-2-4-6-7;1-2/h2-6H,1H2;2H2,1H3. The Balaban J connectivity index is 0.000000371. The molecule has 0 fully saturated rings.